The van der Waals surface area contributed by atoms with E-state index >= 15 is 0 Å². The van der Waals surface area contributed by atoms with Crippen molar-refractivity contribution in [2.45, 2.75) is 0 Å². The van der Waals surface area contributed by atoms with E-state index in [-0.39, 0.29) is 0 Å². The van der Waals surface area contributed by atoms with E-state index in [0.29, 0.717) is 22.5 Å². The van der Waals surface area contributed by atoms with Gasteiger partial charge in [0.2, 0.25) is 5.95 Å². The molecule has 0 unspecified atom stereocenters. The van der Waals surface area contributed by atoms with Crippen molar-refractivity contribution in [1.29, 1.82) is 0 Å². The minimum Gasteiger partial charge on any atom is -0.399 e. The van der Waals surface area contributed by atoms with Crippen LogP contribution in [0.4, 0.5) is 34.5 Å². The summed E-state index contributed by atoms with van der Waals surface area (Å²) in [5.74, 6) is 0.983. The molecule has 3 aromatic rings. The van der Waals surface area contributed by atoms with Crippen LogP contribution < -0.4 is 21.3 Å². The molecule has 0 amide bonds. The van der Waals surface area contributed by atoms with Gasteiger partial charge in [0, 0.05) is 48.9 Å². The normalized spacial score (nSPS) is 14.6. The van der Waals surface area contributed by atoms with E-state index in [0.717, 1.165) is 37.6 Å². The highest BCUT2D eigenvalue weighted by Crippen LogP contribution is 2.26. The minimum absolute atomic E-state index is 0.434. The lowest BCUT2D eigenvalue weighted by molar-refractivity contribution is 0.313. The minimum atomic E-state index is 0.434. The first-order valence-electron chi connectivity index (χ1n) is 9.52. The van der Waals surface area contributed by atoms with Gasteiger partial charge in [0.25, 0.3) is 0 Å². The van der Waals surface area contributed by atoms with Crippen molar-refractivity contribution >= 4 is 46.1 Å². The molecule has 0 bridgehead atoms. The van der Waals surface area contributed by atoms with E-state index in [2.05, 4.69) is 49.6 Å². The van der Waals surface area contributed by atoms with Crippen LogP contribution in [0.25, 0.3) is 0 Å². The summed E-state index contributed by atoms with van der Waals surface area (Å²) >= 11 is 6.25. The zero-order chi connectivity index (χ0) is 20.2. The van der Waals surface area contributed by atoms with Crippen molar-refractivity contribution in [2.24, 2.45) is 0 Å². The topological polar surface area (TPSA) is 82.3 Å². The molecular formula is C21H24ClN7. The summed E-state index contributed by atoms with van der Waals surface area (Å²) in [7, 11) is 2.16. The largest absolute Gasteiger partial charge is 0.399 e. The molecule has 1 aliphatic heterocycles. The Labute approximate surface area is 175 Å². The number of benzene rings is 2. The Morgan fingerprint density at radius 1 is 0.966 bits per heavy atom. The van der Waals surface area contributed by atoms with Gasteiger partial charge in [-0.25, -0.2) is 4.98 Å². The summed E-state index contributed by atoms with van der Waals surface area (Å²) in [6.07, 6.45) is 1.57. The average molecular weight is 410 g/mol. The van der Waals surface area contributed by atoms with Gasteiger partial charge in [-0.15, -0.1) is 0 Å². The Hall–Kier alpha value is -3.03. The molecule has 7 nitrogen and oxygen atoms in total. The van der Waals surface area contributed by atoms with Crippen molar-refractivity contribution in [3.05, 3.63) is 59.8 Å². The lowest BCUT2D eigenvalue weighted by atomic mass is 10.2. The van der Waals surface area contributed by atoms with Gasteiger partial charge in [0.1, 0.15) is 5.02 Å². The van der Waals surface area contributed by atoms with Crippen molar-refractivity contribution in [1.82, 2.24) is 14.9 Å². The monoisotopic (exact) mass is 409 g/mol. The van der Waals surface area contributed by atoms with Gasteiger partial charge >= 0.3 is 0 Å². The van der Waals surface area contributed by atoms with Crippen LogP contribution in [0.3, 0.4) is 0 Å². The van der Waals surface area contributed by atoms with E-state index < -0.39 is 0 Å². The Kier molecular flexibility index (Phi) is 5.69. The number of aromatic nitrogens is 2. The number of halogens is 1. The van der Waals surface area contributed by atoms with Gasteiger partial charge in [-0.2, -0.15) is 4.98 Å². The third-order valence-electron chi connectivity index (χ3n) is 4.89. The van der Waals surface area contributed by atoms with E-state index in [4.69, 9.17) is 17.3 Å². The van der Waals surface area contributed by atoms with Crippen LogP contribution >= 0.6 is 11.6 Å². The second-order valence-electron chi connectivity index (χ2n) is 7.10. The van der Waals surface area contributed by atoms with E-state index in [1.165, 1.54) is 5.69 Å². The van der Waals surface area contributed by atoms with Crippen molar-refractivity contribution < 1.29 is 0 Å². The number of hydrogen-bond acceptors (Lipinski definition) is 7. The van der Waals surface area contributed by atoms with Crippen LogP contribution in [0.1, 0.15) is 0 Å². The summed E-state index contributed by atoms with van der Waals surface area (Å²) in [5, 5.41) is 6.85. The first-order valence-corrected chi connectivity index (χ1v) is 9.90. The molecule has 8 heteroatoms. The molecule has 0 atom stereocenters. The number of anilines is 6. The van der Waals surface area contributed by atoms with Gasteiger partial charge in [-0.3, -0.25) is 0 Å². The molecule has 4 rings (SSSR count). The Morgan fingerprint density at radius 3 is 2.45 bits per heavy atom. The molecule has 1 aliphatic rings. The van der Waals surface area contributed by atoms with Crippen LogP contribution in [0.15, 0.2) is 54.7 Å². The molecule has 0 spiro atoms. The highest BCUT2D eigenvalue weighted by atomic mass is 35.5. The summed E-state index contributed by atoms with van der Waals surface area (Å²) in [4.78, 5) is 13.5. The van der Waals surface area contributed by atoms with E-state index in [1.54, 1.807) is 6.20 Å². The molecule has 1 fully saturated rings. The Bertz CT molecular complexity index is 969. The molecule has 4 N–H and O–H groups in total. The van der Waals surface area contributed by atoms with Gasteiger partial charge < -0.3 is 26.2 Å². The highest BCUT2D eigenvalue weighted by molar-refractivity contribution is 6.32. The summed E-state index contributed by atoms with van der Waals surface area (Å²) in [6.45, 7) is 4.26. The summed E-state index contributed by atoms with van der Waals surface area (Å²) < 4.78 is 0. The first kappa shape index (κ1) is 19.3. The number of rotatable bonds is 5. The van der Waals surface area contributed by atoms with E-state index in [1.807, 2.05) is 36.4 Å². The van der Waals surface area contributed by atoms with Crippen LogP contribution in [-0.2, 0) is 0 Å². The standard InChI is InChI=1S/C21H24ClN7/c1-28-9-11-29(12-10-28)18-7-5-16(6-8-18)26-21-24-14-19(22)20(27-21)25-17-4-2-3-15(23)13-17/h2-8,13-14H,9-12,23H2,1H3,(H2,24,25,26,27). The van der Waals surface area contributed by atoms with Crippen molar-refractivity contribution in [2.75, 3.05) is 54.5 Å². The quantitative estimate of drug-likeness (QED) is 0.550. The Morgan fingerprint density at radius 2 is 1.72 bits per heavy atom. The van der Waals surface area contributed by atoms with Gasteiger partial charge in [-0.1, -0.05) is 17.7 Å². The molecular weight excluding hydrogens is 386 g/mol. The number of piperazine rings is 1. The molecule has 0 radical (unpaired) electrons. The maximum absolute atomic E-state index is 6.25. The van der Waals surface area contributed by atoms with Gasteiger partial charge in [0.15, 0.2) is 5.82 Å². The molecule has 1 aromatic heterocycles. The van der Waals surface area contributed by atoms with Crippen LogP contribution in [0, 0.1) is 0 Å². The molecule has 1 saturated heterocycles. The van der Waals surface area contributed by atoms with Crippen molar-refractivity contribution in [3.8, 4) is 0 Å². The second-order valence-corrected chi connectivity index (χ2v) is 7.51. The lowest BCUT2D eigenvalue weighted by Gasteiger charge is -2.34. The number of nitrogen functional groups attached to an aromatic ring is 1. The molecule has 2 aromatic carbocycles. The maximum Gasteiger partial charge on any atom is 0.229 e. The van der Waals surface area contributed by atoms with Crippen LogP contribution in [0.2, 0.25) is 5.02 Å². The Balaban J connectivity index is 1.45. The molecule has 29 heavy (non-hydrogen) atoms. The van der Waals surface area contributed by atoms with Gasteiger partial charge in [0.05, 0.1) is 6.20 Å². The fraction of sp³-hybridized carbons (Fsp3) is 0.238. The first-order chi connectivity index (χ1) is 14.1. The molecule has 0 aliphatic carbocycles. The summed E-state index contributed by atoms with van der Waals surface area (Å²) in [6, 6.07) is 15.7. The fourth-order valence-corrected chi connectivity index (χ4v) is 3.36. The molecule has 0 saturated carbocycles. The zero-order valence-corrected chi connectivity index (χ0v) is 17.0. The van der Waals surface area contributed by atoms with Gasteiger partial charge in [-0.05, 0) is 49.5 Å². The number of nitrogens with two attached hydrogens (primary N) is 1. The highest BCUT2D eigenvalue weighted by Gasteiger charge is 2.14. The number of hydrogen-bond donors (Lipinski definition) is 3. The van der Waals surface area contributed by atoms with E-state index in [9.17, 15) is 0 Å². The SMILES string of the molecule is CN1CCN(c2ccc(Nc3ncc(Cl)c(Nc4cccc(N)c4)n3)cc2)CC1. The predicted octanol–water partition coefficient (Wildman–Crippen LogP) is 3.95. The fourth-order valence-electron chi connectivity index (χ4n) is 3.22. The number of likely N-dealkylation sites (N-methyl/N-ethyl adjacent to an activating group) is 1. The number of nitrogens with one attached hydrogen (secondary N) is 2. The second kappa shape index (κ2) is 8.55. The maximum atomic E-state index is 6.25. The zero-order valence-electron chi connectivity index (χ0n) is 16.3. The van der Waals surface area contributed by atoms with Crippen LogP contribution in [0.5, 0.6) is 0 Å². The number of nitrogens with zero attached hydrogens (tertiary/aromatic N) is 4. The third kappa shape index (κ3) is 4.88. The summed E-state index contributed by atoms with van der Waals surface area (Å²) in [5.41, 5.74) is 9.45. The van der Waals surface area contributed by atoms with Crippen molar-refractivity contribution in [3.63, 3.8) is 0 Å². The smallest absolute Gasteiger partial charge is 0.229 e. The predicted molar refractivity (Wildman–Crippen MR) is 121 cm³/mol. The molecule has 2 heterocycles. The molecule has 150 valence electrons. The average Bonchev–Trinajstić information content (AvgIpc) is 2.72. The third-order valence-corrected chi connectivity index (χ3v) is 5.16. The van der Waals surface area contributed by atoms with Crippen LogP contribution in [-0.4, -0.2) is 48.1 Å². The lowest BCUT2D eigenvalue weighted by Crippen LogP contribution is -2.44.